The first-order valence-corrected chi connectivity index (χ1v) is 5.29. The molecule has 0 aliphatic carbocycles. The summed E-state index contributed by atoms with van der Waals surface area (Å²) >= 11 is 0. The maximum atomic E-state index is 8.76. The van der Waals surface area contributed by atoms with E-state index in [1.165, 1.54) is 0 Å². The first-order chi connectivity index (χ1) is 6.45. The summed E-state index contributed by atoms with van der Waals surface area (Å²) in [7, 11) is 2.17. The Labute approximate surface area is 87.3 Å². The average Bonchev–Trinajstić information content (AvgIpc) is 2.11. The highest BCUT2D eigenvalue weighted by atomic mass is 15.3. The first-order valence-electron chi connectivity index (χ1n) is 5.29. The standard InChI is InChI=1S/C11H21N3/c1-10(7-12)8-14-6-5-13(4)11(2,3)9-14/h10H,5-6,8-9H2,1-4H3. The van der Waals surface area contributed by atoms with Crippen molar-refractivity contribution in [3.8, 4) is 6.07 Å². The summed E-state index contributed by atoms with van der Waals surface area (Å²) in [5.74, 6) is 0.147. The summed E-state index contributed by atoms with van der Waals surface area (Å²) in [6.45, 7) is 10.7. The van der Waals surface area contributed by atoms with Crippen LogP contribution in [-0.2, 0) is 0 Å². The Balaban J connectivity index is 2.48. The third-order valence-corrected chi connectivity index (χ3v) is 3.15. The monoisotopic (exact) mass is 195 g/mol. The fraction of sp³-hybridized carbons (Fsp3) is 0.909. The summed E-state index contributed by atoms with van der Waals surface area (Å²) in [6, 6.07) is 2.30. The van der Waals surface area contributed by atoms with E-state index >= 15 is 0 Å². The zero-order valence-electron chi connectivity index (χ0n) is 9.75. The molecule has 0 aromatic heterocycles. The molecule has 1 heterocycles. The number of rotatable bonds is 2. The number of nitrogens with zero attached hydrogens (tertiary/aromatic N) is 3. The van der Waals surface area contributed by atoms with Gasteiger partial charge in [-0.1, -0.05) is 0 Å². The summed E-state index contributed by atoms with van der Waals surface area (Å²) < 4.78 is 0. The van der Waals surface area contributed by atoms with Crippen LogP contribution in [0.3, 0.4) is 0 Å². The summed E-state index contributed by atoms with van der Waals surface area (Å²) in [4.78, 5) is 4.79. The molecular weight excluding hydrogens is 174 g/mol. The van der Waals surface area contributed by atoms with E-state index in [0.29, 0.717) is 0 Å². The van der Waals surface area contributed by atoms with Crippen molar-refractivity contribution in [2.75, 3.05) is 33.2 Å². The Hall–Kier alpha value is -0.590. The Morgan fingerprint density at radius 3 is 2.57 bits per heavy atom. The van der Waals surface area contributed by atoms with E-state index in [4.69, 9.17) is 5.26 Å². The molecule has 1 rings (SSSR count). The molecule has 0 aromatic rings. The molecule has 1 saturated heterocycles. The van der Waals surface area contributed by atoms with Crippen LogP contribution in [0.2, 0.25) is 0 Å². The van der Waals surface area contributed by atoms with Gasteiger partial charge in [-0.3, -0.25) is 9.80 Å². The van der Waals surface area contributed by atoms with E-state index in [1.807, 2.05) is 6.92 Å². The maximum absolute atomic E-state index is 8.76. The molecule has 0 aromatic carbocycles. The minimum absolute atomic E-state index is 0.147. The second-order valence-electron chi connectivity index (χ2n) is 5.00. The van der Waals surface area contributed by atoms with E-state index in [1.54, 1.807) is 0 Å². The number of nitriles is 1. The van der Waals surface area contributed by atoms with Gasteiger partial charge in [-0.2, -0.15) is 5.26 Å². The van der Waals surface area contributed by atoms with Gasteiger partial charge in [-0.15, -0.1) is 0 Å². The second-order valence-corrected chi connectivity index (χ2v) is 5.00. The van der Waals surface area contributed by atoms with Crippen molar-refractivity contribution in [2.45, 2.75) is 26.3 Å². The van der Waals surface area contributed by atoms with Crippen LogP contribution < -0.4 is 0 Å². The molecule has 1 fully saturated rings. The van der Waals surface area contributed by atoms with Crippen LogP contribution in [0.1, 0.15) is 20.8 Å². The summed E-state index contributed by atoms with van der Waals surface area (Å²) in [5, 5.41) is 8.76. The van der Waals surface area contributed by atoms with Gasteiger partial charge >= 0.3 is 0 Å². The molecule has 1 atom stereocenters. The zero-order chi connectivity index (χ0) is 10.8. The molecular formula is C11H21N3. The van der Waals surface area contributed by atoms with Crippen molar-refractivity contribution in [1.82, 2.24) is 9.80 Å². The number of likely N-dealkylation sites (N-methyl/N-ethyl adjacent to an activating group) is 1. The highest BCUT2D eigenvalue weighted by Gasteiger charge is 2.31. The van der Waals surface area contributed by atoms with Crippen molar-refractivity contribution in [3.63, 3.8) is 0 Å². The van der Waals surface area contributed by atoms with Crippen LogP contribution in [0, 0.1) is 17.2 Å². The van der Waals surface area contributed by atoms with E-state index in [9.17, 15) is 0 Å². The van der Waals surface area contributed by atoms with Gasteiger partial charge in [0.25, 0.3) is 0 Å². The van der Waals surface area contributed by atoms with Gasteiger partial charge in [0, 0.05) is 31.7 Å². The molecule has 0 amide bonds. The molecule has 0 spiro atoms. The highest BCUT2D eigenvalue weighted by Crippen LogP contribution is 2.19. The fourth-order valence-electron chi connectivity index (χ4n) is 1.93. The molecule has 0 saturated carbocycles. The van der Waals surface area contributed by atoms with Crippen LogP contribution in [0.5, 0.6) is 0 Å². The van der Waals surface area contributed by atoms with Gasteiger partial charge in [-0.25, -0.2) is 0 Å². The van der Waals surface area contributed by atoms with Gasteiger partial charge < -0.3 is 0 Å². The lowest BCUT2D eigenvalue weighted by Gasteiger charge is -2.45. The smallest absolute Gasteiger partial charge is 0.0666 e. The van der Waals surface area contributed by atoms with Crippen LogP contribution in [-0.4, -0.2) is 48.6 Å². The highest BCUT2D eigenvalue weighted by molar-refractivity contribution is 4.90. The van der Waals surface area contributed by atoms with E-state index < -0.39 is 0 Å². The van der Waals surface area contributed by atoms with Crippen LogP contribution >= 0.6 is 0 Å². The van der Waals surface area contributed by atoms with E-state index in [2.05, 4.69) is 36.8 Å². The maximum Gasteiger partial charge on any atom is 0.0666 e. The van der Waals surface area contributed by atoms with Crippen LogP contribution in [0.15, 0.2) is 0 Å². The molecule has 0 bridgehead atoms. The summed E-state index contributed by atoms with van der Waals surface area (Å²) in [5.41, 5.74) is 0.243. The SMILES string of the molecule is CC(C#N)CN1CCN(C)C(C)(C)C1. The Bertz CT molecular complexity index is 229. The lowest BCUT2D eigenvalue weighted by Crippen LogP contribution is -2.58. The van der Waals surface area contributed by atoms with Gasteiger partial charge in [-0.05, 0) is 27.8 Å². The largest absolute Gasteiger partial charge is 0.299 e. The van der Waals surface area contributed by atoms with Gasteiger partial charge in [0.2, 0.25) is 0 Å². The molecule has 1 aliphatic heterocycles. The Morgan fingerprint density at radius 1 is 1.43 bits per heavy atom. The molecule has 14 heavy (non-hydrogen) atoms. The lowest BCUT2D eigenvalue weighted by atomic mass is 9.99. The first kappa shape index (κ1) is 11.5. The quantitative estimate of drug-likeness (QED) is 0.662. The third kappa shape index (κ3) is 2.70. The van der Waals surface area contributed by atoms with Crippen LogP contribution in [0.4, 0.5) is 0 Å². The number of hydrogen-bond acceptors (Lipinski definition) is 3. The summed E-state index contributed by atoms with van der Waals surface area (Å²) in [6.07, 6.45) is 0. The average molecular weight is 195 g/mol. The number of piperazine rings is 1. The fourth-order valence-corrected chi connectivity index (χ4v) is 1.93. The van der Waals surface area contributed by atoms with E-state index in [0.717, 1.165) is 26.2 Å². The topological polar surface area (TPSA) is 30.3 Å². The number of hydrogen-bond donors (Lipinski definition) is 0. The minimum Gasteiger partial charge on any atom is -0.299 e. The Morgan fingerprint density at radius 2 is 2.07 bits per heavy atom. The third-order valence-electron chi connectivity index (χ3n) is 3.15. The molecule has 1 unspecified atom stereocenters. The van der Waals surface area contributed by atoms with Crippen molar-refractivity contribution in [3.05, 3.63) is 0 Å². The lowest BCUT2D eigenvalue weighted by molar-refractivity contribution is 0.0365. The van der Waals surface area contributed by atoms with Crippen molar-refractivity contribution in [1.29, 1.82) is 5.26 Å². The molecule has 3 heteroatoms. The van der Waals surface area contributed by atoms with Crippen molar-refractivity contribution in [2.24, 2.45) is 5.92 Å². The Kier molecular flexibility index (Phi) is 3.52. The zero-order valence-corrected chi connectivity index (χ0v) is 9.75. The predicted molar refractivity (Wildman–Crippen MR) is 57.9 cm³/mol. The normalized spacial score (nSPS) is 25.6. The second kappa shape index (κ2) is 4.29. The van der Waals surface area contributed by atoms with E-state index in [-0.39, 0.29) is 11.5 Å². The molecule has 0 N–H and O–H groups in total. The molecule has 3 nitrogen and oxygen atoms in total. The van der Waals surface area contributed by atoms with Crippen molar-refractivity contribution >= 4 is 0 Å². The van der Waals surface area contributed by atoms with Crippen LogP contribution in [0.25, 0.3) is 0 Å². The molecule has 1 aliphatic rings. The minimum atomic E-state index is 0.147. The molecule has 80 valence electrons. The van der Waals surface area contributed by atoms with Crippen molar-refractivity contribution < 1.29 is 0 Å². The molecule has 0 radical (unpaired) electrons. The van der Waals surface area contributed by atoms with Gasteiger partial charge in [0.1, 0.15) is 0 Å². The predicted octanol–water partition coefficient (Wildman–Crippen LogP) is 1.17. The van der Waals surface area contributed by atoms with Gasteiger partial charge in [0.15, 0.2) is 0 Å². The van der Waals surface area contributed by atoms with Gasteiger partial charge in [0.05, 0.1) is 12.0 Å².